The molecule has 2 heterocycles. The molecule has 0 radical (unpaired) electrons. The minimum absolute atomic E-state index is 0.0368. The number of piperidine rings is 2. The lowest BCUT2D eigenvalue weighted by Gasteiger charge is -2.38. The second-order valence-corrected chi connectivity index (χ2v) is 14.7. The Bertz CT molecular complexity index is 1510. The van der Waals surface area contributed by atoms with E-state index in [0.29, 0.717) is 63.0 Å². The van der Waals surface area contributed by atoms with E-state index in [-0.39, 0.29) is 36.5 Å². The molecule has 2 aromatic carbocycles. The van der Waals surface area contributed by atoms with Crippen molar-refractivity contribution in [2.24, 2.45) is 11.5 Å². The molecule has 0 aliphatic carbocycles. The number of primary amides is 2. The van der Waals surface area contributed by atoms with Gasteiger partial charge in [0.1, 0.15) is 12.2 Å². The fraction of sp³-hybridized carbons (Fsp3) is 0.611. The van der Waals surface area contributed by atoms with E-state index < -0.39 is 94.6 Å². The number of carbonyl (C=O) groups excluding carboxylic acids is 2. The van der Waals surface area contributed by atoms with Crippen molar-refractivity contribution in [1.29, 1.82) is 0 Å². The quantitative estimate of drug-likeness (QED) is 0.174. The van der Waals surface area contributed by atoms with E-state index in [1.807, 2.05) is 0 Å². The van der Waals surface area contributed by atoms with Crippen molar-refractivity contribution in [3.63, 3.8) is 0 Å². The van der Waals surface area contributed by atoms with Crippen LogP contribution in [0.4, 0.5) is 62.3 Å². The van der Waals surface area contributed by atoms with E-state index in [0.717, 1.165) is 0 Å². The fourth-order valence-corrected chi connectivity index (χ4v) is 6.07. The Balaban J connectivity index is 0.000000310. The molecule has 2 amide bonds. The van der Waals surface area contributed by atoms with Gasteiger partial charge in [-0.3, -0.25) is 0 Å². The molecule has 2 aromatic rings. The van der Waals surface area contributed by atoms with E-state index in [2.05, 4.69) is 10.6 Å². The Morgan fingerprint density at radius 2 is 0.879 bits per heavy atom. The molecule has 328 valence electrons. The zero-order valence-electron chi connectivity index (χ0n) is 31.6. The van der Waals surface area contributed by atoms with Crippen LogP contribution in [0.1, 0.15) is 99.0 Å². The Kier molecular flexibility index (Phi) is 15.4. The van der Waals surface area contributed by atoms with Crippen molar-refractivity contribution in [2.45, 2.75) is 114 Å². The molecule has 0 spiro atoms. The zero-order chi connectivity index (χ0) is 44.1. The summed E-state index contributed by atoms with van der Waals surface area (Å²) in [6, 6.07) is 2.80. The average molecular weight is 857 g/mol. The number of nitrogens with two attached hydrogens (primary N) is 2. The first-order chi connectivity index (χ1) is 26.4. The minimum atomic E-state index is -4.91. The van der Waals surface area contributed by atoms with Crippen molar-refractivity contribution >= 4 is 12.2 Å². The molecule has 0 bridgehead atoms. The van der Waals surface area contributed by atoms with Crippen molar-refractivity contribution in [3.8, 4) is 0 Å². The number of hydrogen-bond acceptors (Lipinski definition) is 8. The summed E-state index contributed by atoms with van der Waals surface area (Å²) < 4.78 is 177. The Labute approximate surface area is 325 Å². The van der Waals surface area contributed by atoms with Gasteiger partial charge in [-0.15, -0.1) is 0 Å². The molecule has 2 aliphatic heterocycles. The number of nitrogens with one attached hydrogen (secondary N) is 2. The van der Waals surface area contributed by atoms with E-state index in [4.69, 9.17) is 30.4 Å². The lowest BCUT2D eigenvalue weighted by molar-refractivity contribution is -0.145. The van der Waals surface area contributed by atoms with Crippen LogP contribution in [0.15, 0.2) is 36.4 Å². The van der Waals surface area contributed by atoms with Gasteiger partial charge < -0.3 is 41.0 Å². The minimum Gasteiger partial charge on any atom is -0.445 e. The van der Waals surface area contributed by atoms with Crippen LogP contribution in [-0.2, 0) is 43.7 Å². The van der Waals surface area contributed by atoms with Crippen molar-refractivity contribution < 1.29 is 81.2 Å². The Morgan fingerprint density at radius 3 is 1.09 bits per heavy atom. The highest BCUT2D eigenvalue weighted by Crippen LogP contribution is 2.40. The zero-order valence-corrected chi connectivity index (χ0v) is 31.6. The van der Waals surface area contributed by atoms with Gasteiger partial charge >= 0.3 is 36.9 Å². The van der Waals surface area contributed by atoms with Crippen LogP contribution >= 0.6 is 0 Å². The van der Waals surface area contributed by atoms with Crippen LogP contribution in [0.5, 0.6) is 0 Å². The van der Waals surface area contributed by atoms with Crippen LogP contribution in [-0.4, -0.2) is 61.8 Å². The molecular weight excluding hydrogens is 812 g/mol. The molecule has 4 rings (SSSR count). The predicted octanol–water partition coefficient (Wildman–Crippen LogP) is 8.82. The highest BCUT2D eigenvalue weighted by atomic mass is 19.4. The fourth-order valence-electron chi connectivity index (χ4n) is 6.07. The molecular formula is C36H44F12N4O6. The molecule has 58 heavy (non-hydrogen) atoms. The summed E-state index contributed by atoms with van der Waals surface area (Å²) in [6.45, 7) is 7.06. The van der Waals surface area contributed by atoms with E-state index in [1.54, 1.807) is 13.8 Å². The highest BCUT2D eigenvalue weighted by Gasteiger charge is 2.40. The summed E-state index contributed by atoms with van der Waals surface area (Å²) in [6.07, 6.45) is -22.3. The van der Waals surface area contributed by atoms with Crippen molar-refractivity contribution in [3.05, 3.63) is 69.8 Å². The van der Waals surface area contributed by atoms with Gasteiger partial charge in [0.05, 0.1) is 47.7 Å². The smallest absolute Gasteiger partial charge is 0.416 e. The number of rotatable bonds is 10. The molecule has 0 saturated carbocycles. The molecule has 2 fully saturated rings. The largest absolute Gasteiger partial charge is 0.445 e. The molecule has 22 heteroatoms. The normalized spacial score (nSPS) is 24.2. The Hall–Kier alpha value is -4.02. The van der Waals surface area contributed by atoms with Crippen LogP contribution in [0.25, 0.3) is 0 Å². The molecule has 2 aliphatic rings. The number of hydrogen-bond donors (Lipinski definition) is 4. The van der Waals surface area contributed by atoms with Gasteiger partial charge in [-0.1, -0.05) is 0 Å². The predicted molar refractivity (Wildman–Crippen MR) is 182 cm³/mol. The summed E-state index contributed by atoms with van der Waals surface area (Å²) in [5, 5.41) is 6.22. The third-order valence-corrected chi connectivity index (χ3v) is 9.58. The number of carbonyl (C=O) groups is 2. The van der Waals surface area contributed by atoms with Crippen molar-refractivity contribution in [1.82, 2.24) is 10.6 Å². The third kappa shape index (κ3) is 14.7. The lowest BCUT2D eigenvalue weighted by Crippen LogP contribution is -2.54. The second kappa shape index (κ2) is 18.5. The van der Waals surface area contributed by atoms with E-state index in [1.165, 1.54) is 13.8 Å². The van der Waals surface area contributed by atoms with Crippen LogP contribution in [0, 0.1) is 0 Å². The number of benzene rings is 2. The van der Waals surface area contributed by atoms with Gasteiger partial charge in [0.25, 0.3) is 0 Å². The molecule has 10 nitrogen and oxygen atoms in total. The molecule has 0 unspecified atom stereocenters. The first-order valence-electron chi connectivity index (χ1n) is 17.6. The number of ether oxygens (including phenoxy) is 4. The maximum Gasteiger partial charge on any atom is 0.416 e. The molecule has 6 N–H and O–H groups in total. The number of halogens is 12. The SMILES string of the molecule is C[C@@H](OC[C@@]1(C)CC[C@@H](OC(N)=O)CN1)c1cc(C(F)(F)F)cc(C(F)(F)F)c1.C[C@@H](OC[C@@]1(C)CC[C@H](OC(N)=O)CN1)c1cc(C(F)(F)F)cc(C(F)(F)F)c1. The van der Waals surface area contributed by atoms with Gasteiger partial charge in [-0.2, -0.15) is 52.7 Å². The molecule has 0 aromatic heterocycles. The summed E-state index contributed by atoms with van der Waals surface area (Å²) in [5.41, 5.74) is 2.79. The monoisotopic (exact) mass is 856 g/mol. The molecule has 2 saturated heterocycles. The topological polar surface area (TPSA) is 147 Å². The molecule has 6 atom stereocenters. The lowest BCUT2D eigenvalue weighted by atomic mass is 9.90. The highest BCUT2D eigenvalue weighted by molar-refractivity contribution is 5.65. The van der Waals surface area contributed by atoms with E-state index >= 15 is 0 Å². The summed E-state index contributed by atoms with van der Waals surface area (Å²) in [7, 11) is 0. The maximum atomic E-state index is 13.0. The third-order valence-electron chi connectivity index (χ3n) is 9.58. The second-order valence-electron chi connectivity index (χ2n) is 14.7. The Morgan fingerprint density at radius 1 is 0.603 bits per heavy atom. The van der Waals surface area contributed by atoms with Crippen molar-refractivity contribution in [2.75, 3.05) is 26.3 Å². The van der Waals surface area contributed by atoms with Gasteiger partial charge in [0.2, 0.25) is 0 Å². The first-order valence-corrected chi connectivity index (χ1v) is 17.6. The van der Waals surface area contributed by atoms with Gasteiger partial charge in [-0.05, 0) is 101 Å². The average Bonchev–Trinajstić information content (AvgIpc) is 3.10. The summed E-state index contributed by atoms with van der Waals surface area (Å²) in [4.78, 5) is 21.6. The summed E-state index contributed by atoms with van der Waals surface area (Å²) >= 11 is 0. The van der Waals surface area contributed by atoms with Gasteiger partial charge in [0, 0.05) is 24.2 Å². The standard InChI is InChI=1S/2C18H22F6N2O3/c2*1-10(28-9-16(2)4-3-14(8-26-16)29-15(25)27)11-5-12(17(19,20)21)7-13(6-11)18(22,23)24/h2*5-7,10,14,26H,3-4,8-9H2,1-2H3,(H2,25,27)/t10-,14+,16-;10-,14-,16-/m11/s1. The first kappa shape index (κ1) is 48.3. The van der Waals surface area contributed by atoms with Gasteiger partial charge in [-0.25, -0.2) is 9.59 Å². The van der Waals surface area contributed by atoms with Crippen LogP contribution < -0.4 is 22.1 Å². The van der Waals surface area contributed by atoms with Crippen LogP contribution in [0.3, 0.4) is 0 Å². The summed E-state index contributed by atoms with van der Waals surface area (Å²) in [5.74, 6) is 0. The number of alkyl halides is 12. The van der Waals surface area contributed by atoms with E-state index in [9.17, 15) is 62.3 Å². The van der Waals surface area contributed by atoms with Crippen LogP contribution in [0.2, 0.25) is 0 Å². The maximum absolute atomic E-state index is 13.0. The van der Waals surface area contributed by atoms with Gasteiger partial charge in [0.15, 0.2) is 0 Å². The number of amides is 2.